The average molecular weight is 357 g/mol. The third-order valence-electron chi connectivity index (χ3n) is 5.00. The van der Waals surface area contributed by atoms with Crippen molar-refractivity contribution in [2.75, 3.05) is 13.1 Å². The van der Waals surface area contributed by atoms with Gasteiger partial charge in [-0.2, -0.15) is 13.2 Å². The van der Waals surface area contributed by atoms with Gasteiger partial charge in [0, 0.05) is 19.5 Å². The Bertz CT molecular complexity index is 700. The summed E-state index contributed by atoms with van der Waals surface area (Å²) in [5, 5.41) is 9.05. The highest BCUT2D eigenvalue weighted by Crippen LogP contribution is 2.39. The number of fused-ring (bicyclic) bond motifs is 1. The summed E-state index contributed by atoms with van der Waals surface area (Å²) >= 11 is 0. The Morgan fingerprint density at radius 3 is 2.40 bits per heavy atom. The largest absolute Gasteiger partial charge is 0.481 e. The van der Waals surface area contributed by atoms with Crippen LogP contribution >= 0.6 is 0 Å². The summed E-state index contributed by atoms with van der Waals surface area (Å²) in [5.41, 5.74) is 2.87. The van der Waals surface area contributed by atoms with Crippen molar-refractivity contribution >= 4 is 11.9 Å². The van der Waals surface area contributed by atoms with Crippen molar-refractivity contribution in [2.24, 2.45) is 11.8 Å². The van der Waals surface area contributed by atoms with Crippen molar-refractivity contribution in [3.05, 3.63) is 28.8 Å². The molecule has 0 aromatic heterocycles. The van der Waals surface area contributed by atoms with Crippen LogP contribution in [0.25, 0.3) is 0 Å². The van der Waals surface area contributed by atoms with E-state index < -0.39 is 49.1 Å². The molecule has 2 heterocycles. The molecule has 1 saturated heterocycles. The SMILES string of the molecule is Cc1cc2c(cc1C)OC(C(=O)N1C[C@@H](C(F)(F)F)[C@H](C(=O)O)C1)C2. The Labute approximate surface area is 142 Å². The van der Waals surface area contributed by atoms with Crippen LogP contribution in [-0.2, 0) is 16.0 Å². The van der Waals surface area contributed by atoms with E-state index in [2.05, 4.69) is 0 Å². The molecule has 0 aliphatic carbocycles. The number of nitrogens with zero attached hydrogens (tertiary/aromatic N) is 1. The fourth-order valence-electron chi connectivity index (χ4n) is 3.42. The van der Waals surface area contributed by atoms with Gasteiger partial charge in [-0.15, -0.1) is 0 Å². The van der Waals surface area contributed by atoms with Crippen LogP contribution in [0.3, 0.4) is 0 Å². The first-order chi connectivity index (χ1) is 11.6. The fourth-order valence-corrected chi connectivity index (χ4v) is 3.42. The lowest BCUT2D eigenvalue weighted by molar-refractivity contribution is -0.188. The highest BCUT2D eigenvalue weighted by Gasteiger charge is 2.54. The van der Waals surface area contributed by atoms with Gasteiger partial charge in [0.25, 0.3) is 5.91 Å². The van der Waals surface area contributed by atoms with Gasteiger partial charge in [0.2, 0.25) is 0 Å². The number of likely N-dealkylation sites (tertiary alicyclic amines) is 1. The Morgan fingerprint density at radius 1 is 1.20 bits per heavy atom. The van der Waals surface area contributed by atoms with E-state index in [0.29, 0.717) is 5.75 Å². The number of carbonyl (C=O) groups excluding carboxylic acids is 1. The zero-order valence-electron chi connectivity index (χ0n) is 13.8. The molecule has 3 rings (SSSR count). The van der Waals surface area contributed by atoms with Gasteiger partial charge >= 0.3 is 12.1 Å². The number of hydrogen-bond donors (Lipinski definition) is 1. The summed E-state index contributed by atoms with van der Waals surface area (Å²) in [6.45, 7) is 2.73. The standard InChI is InChI=1S/C17H18F3NO4/c1-8-3-10-5-14(25-13(10)4-9(8)2)15(22)21-6-11(16(23)24)12(7-21)17(18,19)20/h3-4,11-12,14H,5-7H2,1-2H3,(H,23,24)/t11-,12-,14?/m1/s1. The number of ether oxygens (including phenoxy) is 1. The van der Waals surface area contributed by atoms with Gasteiger partial charge in [-0.25, -0.2) is 0 Å². The molecule has 25 heavy (non-hydrogen) atoms. The smallest absolute Gasteiger partial charge is 0.394 e. The van der Waals surface area contributed by atoms with Crippen molar-refractivity contribution in [3.8, 4) is 5.75 Å². The number of carboxylic acids is 1. The summed E-state index contributed by atoms with van der Waals surface area (Å²) in [6.07, 6.45) is -5.29. The van der Waals surface area contributed by atoms with Crippen molar-refractivity contribution < 1.29 is 32.6 Å². The highest BCUT2D eigenvalue weighted by molar-refractivity contribution is 5.84. The molecule has 1 fully saturated rings. The molecular formula is C17H18F3NO4. The summed E-state index contributed by atoms with van der Waals surface area (Å²) in [6, 6.07) is 3.71. The zero-order valence-corrected chi connectivity index (χ0v) is 13.8. The van der Waals surface area contributed by atoms with Crippen molar-refractivity contribution in [2.45, 2.75) is 32.5 Å². The second-order valence-corrected chi connectivity index (χ2v) is 6.69. The lowest BCUT2D eigenvalue weighted by Gasteiger charge is -2.21. The average Bonchev–Trinajstić information content (AvgIpc) is 3.10. The number of alkyl halides is 3. The van der Waals surface area contributed by atoms with Gasteiger partial charge < -0.3 is 14.7 Å². The number of rotatable bonds is 2. The molecule has 8 heteroatoms. The Kier molecular flexibility index (Phi) is 4.17. The third kappa shape index (κ3) is 3.17. The molecule has 0 bridgehead atoms. The maximum atomic E-state index is 13.1. The van der Waals surface area contributed by atoms with E-state index >= 15 is 0 Å². The van der Waals surface area contributed by atoms with E-state index in [1.807, 2.05) is 19.9 Å². The van der Waals surface area contributed by atoms with Crippen LogP contribution in [0.15, 0.2) is 12.1 Å². The Morgan fingerprint density at radius 2 is 1.84 bits per heavy atom. The van der Waals surface area contributed by atoms with Crippen molar-refractivity contribution in [1.29, 1.82) is 0 Å². The molecule has 0 saturated carbocycles. The van der Waals surface area contributed by atoms with Crippen LogP contribution in [0.1, 0.15) is 16.7 Å². The third-order valence-corrected chi connectivity index (χ3v) is 5.00. The van der Waals surface area contributed by atoms with E-state index in [1.165, 1.54) is 0 Å². The minimum atomic E-state index is -4.66. The van der Waals surface area contributed by atoms with Gasteiger partial charge in [-0.3, -0.25) is 9.59 Å². The van der Waals surface area contributed by atoms with Gasteiger partial charge in [-0.1, -0.05) is 6.07 Å². The zero-order chi connectivity index (χ0) is 18.5. The molecule has 5 nitrogen and oxygen atoms in total. The molecule has 1 unspecified atom stereocenters. The molecule has 2 aliphatic rings. The number of amides is 1. The molecule has 0 radical (unpaired) electrons. The molecule has 2 aliphatic heterocycles. The normalized spacial score (nSPS) is 25.6. The fraction of sp³-hybridized carbons (Fsp3) is 0.529. The van der Waals surface area contributed by atoms with E-state index in [0.717, 1.165) is 21.6 Å². The highest BCUT2D eigenvalue weighted by atomic mass is 19.4. The number of carboxylic acid groups (broad SMARTS) is 1. The molecular weight excluding hydrogens is 339 g/mol. The van der Waals surface area contributed by atoms with E-state index in [-0.39, 0.29) is 6.42 Å². The van der Waals surface area contributed by atoms with Crippen LogP contribution in [0.2, 0.25) is 0 Å². The van der Waals surface area contributed by atoms with Crippen LogP contribution < -0.4 is 4.74 Å². The topological polar surface area (TPSA) is 66.8 Å². The summed E-state index contributed by atoms with van der Waals surface area (Å²) in [4.78, 5) is 24.7. The minimum Gasteiger partial charge on any atom is -0.481 e. The van der Waals surface area contributed by atoms with Crippen LogP contribution in [-0.4, -0.2) is 47.3 Å². The molecule has 1 N–H and O–H groups in total. The second-order valence-electron chi connectivity index (χ2n) is 6.69. The van der Waals surface area contributed by atoms with Crippen molar-refractivity contribution in [3.63, 3.8) is 0 Å². The minimum absolute atomic E-state index is 0.278. The van der Waals surface area contributed by atoms with Crippen molar-refractivity contribution in [1.82, 2.24) is 4.90 Å². The maximum absolute atomic E-state index is 13.1. The summed E-state index contributed by atoms with van der Waals surface area (Å²) in [5.74, 6) is -5.27. The van der Waals surface area contributed by atoms with Gasteiger partial charge in [0.05, 0.1) is 11.8 Å². The van der Waals surface area contributed by atoms with E-state index in [1.54, 1.807) is 6.07 Å². The van der Waals surface area contributed by atoms with Crippen LogP contribution in [0.4, 0.5) is 13.2 Å². The number of aryl methyl sites for hydroxylation is 2. The first-order valence-corrected chi connectivity index (χ1v) is 7.93. The predicted molar refractivity (Wildman–Crippen MR) is 81.3 cm³/mol. The van der Waals surface area contributed by atoms with E-state index in [4.69, 9.17) is 9.84 Å². The van der Waals surface area contributed by atoms with E-state index in [9.17, 15) is 22.8 Å². The Hall–Kier alpha value is -2.25. The summed E-state index contributed by atoms with van der Waals surface area (Å²) < 4.78 is 44.8. The second kappa shape index (κ2) is 5.93. The molecule has 1 aromatic carbocycles. The van der Waals surface area contributed by atoms with Gasteiger partial charge in [0.15, 0.2) is 6.10 Å². The number of hydrogen-bond acceptors (Lipinski definition) is 3. The number of halogens is 3. The maximum Gasteiger partial charge on any atom is 0.394 e. The molecule has 3 atom stereocenters. The lowest BCUT2D eigenvalue weighted by atomic mass is 9.96. The Balaban J connectivity index is 1.75. The van der Waals surface area contributed by atoms with Crippen LogP contribution in [0, 0.1) is 25.7 Å². The molecule has 136 valence electrons. The number of carbonyl (C=O) groups is 2. The number of benzene rings is 1. The summed E-state index contributed by atoms with van der Waals surface area (Å²) in [7, 11) is 0. The lowest BCUT2D eigenvalue weighted by Crippen LogP contribution is -2.41. The number of aliphatic carboxylic acids is 1. The molecule has 0 spiro atoms. The molecule has 1 aromatic rings. The molecule has 1 amide bonds. The first-order valence-electron chi connectivity index (χ1n) is 7.93. The van der Waals surface area contributed by atoms with Gasteiger partial charge in [-0.05, 0) is 36.6 Å². The van der Waals surface area contributed by atoms with Gasteiger partial charge in [0.1, 0.15) is 5.75 Å². The predicted octanol–water partition coefficient (Wildman–Crippen LogP) is 2.33. The first kappa shape index (κ1) is 17.6. The van der Waals surface area contributed by atoms with Crippen LogP contribution in [0.5, 0.6) is 5.75 Å². The quantitative estimate of drug-likeness (QED) is 0.882. The monoisotopic (exact) mass is 357 g/mol.